The third kappa shape index (κ3) is 4.31. The third-order valence-electron chi connectivity index (χ3n) is 1.87. The predicted molar refractivity (Wildman–Crippen MR) is 59.4 cm³/mol. The van der Waals surface area contributed by atoms with Crippen molar-refractivity contribution < 1.29 is 18.9 Å². The van der Waals surface area contributed by atoms with E-state index < -0.39 is 19.1 Å². The molecule has 5 nitrogen and oxygen atoms in total. The van der Waals surface area contributed by atoms with Crippen LogP contribution in [0, 0.1) is 0 Å². The minimum Gasteiger partial charge on any atom is -0.495 e. The molecule has 0 saturated carbocycles. The summed E-state index contributed by atoms with van der Waals surface area (Å²) in [6.45, 7) is 2.03. The zero-order chi connectivity index (χ0) is 12.0. The predicted octanol–water partition coefficient (Wildman–Crippen LogP) is 0.178. The van der Waals surface area contributed by atoms with Crippen LogP contribution in [0.4, 0.5) is 0 Å². The van der Waals surface area contributed by atoms with Gasteiger partial charge in [-0.05, 0) is 19.9 Å². The molecule has 1 saturated heterocycles. The summed E-state index contributed by atoms with van der Waals surface area (Å²) < 4.78 is 9.87. The molecule has 6 heteroatoms. The number of likely N-dealkylation sites (N-methyl/N-ethyl adjacent to an activating group) is 1. The van der Waals surface area contributed by atoms with Crippen LogP contribution in [0.5, 0.6) is 0 Å². The normalized spacial score (nSPS) is 19.8. The molecule has 1 fully saturated rings. The summed E-state index contributed by atoms with van der Waals surface area (Å²) in [5, 5.41) is 0. The lowest BCUT2D eigenvalue weighted by molar-refractivity contribution is -0.145. The minimum absolute atomic E-state index is 0.0864. The summed E-state index contributed by atoms with van der Waals surface area (Å²) in [4.78, 5) is 24.1. The molecule has 1 heterocycles. The highest BCUT2D eigenvalue weighted by Crippen LogP contribution is 2.01. The zero-order valence-corrected chi connectivity index (χ0v) is 9.38. The first kappa shape index (κ1) is 12.5. The molecule has 0 amide bonds. The maximum atomic E-state index is 11.3. The molecule has 0 aliphatic carbocycles. The summed E-state index contributed by atoms with van der Waals surface area (Å²) in [6, 6.07) is 0. The van der Waals surface area contributed by atoms with Crippen LogP contribution < -0.4 is 0 Å². The van der Waals surface area contributed by atoms with Gasteiger partial charge in [0.2, 0.25) is 0 Å². The zero-order valence-electron chi connectivity index (χ0n) is 9.38. The molecule has 86 valence electrons. The number of hydrogen-bond donors (Lipinski definition) is 0. The van der Waals surface area contributed by atoms with Gasteiger partial charge in [0, 0.05) is 0 Å². The summed E-state index contributed by atoms with van der Waals surface area (Å²) >= 11 is 0. The Bertz CT molecular complexity index is 307. The van der Waals surface area contributed by atoms with Crippen molar-refractivity contribution in [2.24, 2.45) is 0 Å². The Hall–Kier alpha value is -1.56. The van der Waals surface area contributed by atoms with Crippen molar-refractivity contribution in [1.82, 2.24) is 4.90 Å². The molecule has 0 atom stereocenters. The quantitative estimate of drug-likeness (QED) is 0.493. The van der Waals surface area contributed by atoms with E-state index in [0.717, 1.165) is 0 Å². The fourth-order valence-corrected chi connectivity index (χ4v) is 1.20. The Morgan fingerprint density at radius 3 is 2.25 bits per heavy atom. The molecular formula is C10H14BNO4. The van der Waals surface area contributed by atoms with Gasteiger partial charge in [-0.3, -0.25) is 14.5 Å². The Morgan fingerprint density at radius 2 is 1.75 bits per heavy atom. The van der Waals surface area contributed by atoms with E-state index in [-0.39, 0.29) is 13.1 Å². The van der Waals surface area contributed by atoms with E-state index in [4.69, 9.17) is 9.31 Å². The molecule has 0 N–H and O–H groups in total. The molecule has 1 rings (SSSR count). The van der Waals surface area contributed by atoms with Crippen LogP contribution in [0.15, 0.2) is 24.2 Å². The van der Waals surface area contributed by atoms with Crippen molar-refractivity contribution in [2.75, 3.05) is 20.1 Å². The summed E-state index contributed by atoms with van der Waals surface area (Å²) in [5.74, 6) is 0.691. The van der Waals surface area contributed by atoms with Gasteiger partial charge >= 0.3 is 19.1 Å². The Balaban J connectivity index is 2.63. The number of carbonyl (C=O) groups excluding carboxylic acids is 2. The molecule has 0 unspecified atom stereocenters. The van der Waals surface area contributed by atoms with E-state index in [0.29, 0.717) is 0 Å². The Kier molecular flexibility index (Phi) is 4.79. The van der Waals surface area contributed by atoms with Crippen LogP contribution in [-0.2, 0) is 18.9 Å². The van der Waals surface area contributed by atoms with Crippen LogP contribution in [0.25, 0.3) is 0 Å². The van der Waals surface area contributed by atoms with Crippen molar-refractivity contribution in [3.05, 3.63) is 24.2 Å². The molecule has 0 aromatic heterocycles. The van der Waals surface area contributed by atoms with Gasteiger partial charge in [-0.15, -0.1) is 0 Å². The van der Waals surface area contributed by atoms with Crippen molar-refractivity contribution in [2.45, 2.75) is 6.92 Å². The van der Waals surface area contributed by atoms with Crippen LogP contribution in [-0.4, -0.2) is 44.1 Å². The first-order valence-electron chi connectivity index (χ1n) is 4.99. The lowest BCUT2D eigenvalue weighted by atomic mass is 9.89. The van der Waals surface area contributed by atoms with Gasteiger partial charge in [0.1, 0.15) is 0 Å². The molecule has 0 bridgehead atoms. The lowest BCUT2D eigenvalue weighted by Crippen LogP contribution is -2.41. The average molecular weight is 223 g/mol. The van der Waals surface area contributed by atoms with Crippen molar-refractivity contribution in [3.8, 4) is 0 Å². The number of rotatable bonds is 2. The molecule has 16 heavy (non-hydrogen) atoms. The van der Waals surface area contributed by atoms with Crippen LogP contribution in [0.3, 0.4) is 0 Å². The van der Waals surface area contributed by atoms with E-state index >= 15 is 0 Å². The second-order valence-electron chi connectivity index (χ2n) is 3.43. The average Bonchev–Trinajstić information content (AvgIpc) is 2.14. The van der Waals surface area contributed by atoms with E-state index in [2.05, 4.69) is 0 Å². The van der Waals surface area contributed by atoms with Gasteiger partial charge < -0.3 is 9.31 Å². The molecule has 0 aromatic carbocycles. The summed E-state index contributed by atoms with van der Waals surface area (Å²) in [5.41, 5.74) is 0. The third-order valence-corrected chi connectivity index (χ3v) is 1.87. The van der Waals surface area contributed by atoms with E-state index in [1.165, 1.54) is 10.9 Å². The molecule has 1 aliphatic heterocycles. The highest BCUT2D eigenvalue weighted by Gasteiger charge is 2.28. The fourth-order valence-electron chi connectivity index (χ4n) is 1.20. The van der Waals surface area contributed by atoms with Crippen LogP contribution in [0.2, 0.25) is 0 Å². The van der Waals surface area contributed by atoms with Gasteiger partial charge in [-0.2, -0.15) is 0 Å². The number of allylic oxidation sites excluding steroid dienone is 3. The van der Waals surface area contributed by atoms with Gasteiger partial charge in [-0.1, -0.05) is 18.2 Å². The maximum Gasteiger partial charge on any atom is 0.628 e. The smallest absolute Gasteiger partial charge is 0.495 e. The first-order valence-corrected chi connectivity index (χ1v) is 4.99. The van der Waals surface area contributed by atoms with Crippen molar-refractivity contribution in [3.63, 3.8) is 0 Å². The summed E-state index contributed by atoms with van der Waals surface area (Å²) in [7, 11) is 0.725. The number of hydrogen-bond acceptors (Lipinski definition) is 5. The van der Waals surface area contributed by atoms with Crippen LogP contribution >= 0.6 is 0 Å². The Morgan fingerprint density at radius 1 is 1.19 bits per heavy atom. The molecule has 0 spiro atoms. The monoisotopic (exact) mass is 223 g/mol. The SMILES string of the molecule is C/C=C/C=C/B1OC(=O)CN(C)CC(=O)O1. The first-order chi connectivity index (χ1) is 7.61. The van der Waals surface area contributed by atoms with Crippen molar-refractivity contribution >= 4 is 19.1 Å². The standard InChI is InChI=1S/C10H14BNO4/c1-3-4-5-6-11-15-9(13)7-12(2)8-10(14)16-11/h3-6H,7-8H2,1-2H3/b4-3+,6-5+. The van der Waals surface area contributed by atoms with E-state index in [1.807, 2.05) is 13.0 Å². The van der Waals surface area contributed by atoms with Crippen LogP contribution in [0.1, 0.15) is 6.92 Å². The van der Waals surface area contributed by atoms with Gasteiger partial charge in [0.15, 0.2) is 0 Å². The highest BCUT2D eigenvalue weighted by atomic mass is 16.6. The summed E-state index contributed by atoms with van der Waals surface area (Å²) in [6.07, 6.45) is 5.24. The highest BCUT2D eigenvalue weighted by molar-refractivity contribution is 6.54. The van der Waals surface area contributed by atoms with Gasteiger partial charge in [-0.25, -0.2) is 0 Å². The molecule has 0 radical (unpaired) electrons. The molecule has 1 aliphatic rings. The fraction of sp³-hybridized carbons (Fsp3) is 0.400. The van der Waals surface area contributed by atoms with Crippen molar-refractivity contribution in [1.29, 1.82) is 0 Å². The second kappa shape index (κ2) is 6.12. The second-order valence-corrected chi connectivity index (χ2v) is 3.43. The maximum absolute atomic E-state index is 11.3. The number of nitrogens with zero attached hydrogens (tertiary/aromatic N) is 1. The van der Waals surface area contributed by atoms with Gasteiger partial charge in [0.25, 0.3) is 0 Å². The minimum atomic E-state index is -0.926. The molecular weight excluding hydrogens is 209 g/mol. The van der Waals surface area contributed by atoms with E-state index in [9.17, 15) is 9.59 Å². The Labute approximate surface area is 94.8 Å². The largest absolute Gasteiger partial charge is 0.628 e. The van der Waals surface area contributed by atoms with E-state index in [1.54, 1.807) is 19.2 Å². The molecule has 0 aromatic rings. The topological polar surface area (TPSA) is 55.8 Å². The number of carbonyl (C=O) groups is 2. The van der Waals surface area contributed by atoms with Gasteiger partial charge in [0.05, 0.1) is 13.1 Å². The lowest BCUT2D eigenvalue weighted by Gasteiger charge is -2.20.